The van der Waals surface area contributed by atoms with Crippen molar-refractivity contribution in [3.63, 3.8) is 0 Å². The summed E-state index contributed by atoms with van der Waals surface area (Å²) in [6.45, 7) is 11.1. The molecule has 6 heteroatoms. The van der Waals surface area contributed by atoms with Crippen molar-refractivity contribution in [3.8, 4) is 0 Å². The van der Waals surface area contributed by atoms with Crippen molar-refractivity contribution >= 4 is 16.9 Å². The predicted molar refractivity (Wildman–Crippen MR) is 116 cm³/mol. The lowest BCUT2D eigenvalue weighted by Gasteiger charge is -2.47. The number of aromatic amines is 1. The molecule has 0 spiro atoms. The average Bonchev–Trinajstić information content (AvgIpc) is 3.09. The van der Waals surface area contributed by atoms with Crippen molar-refractivity contribution in [1.29, 1.82) is 0 Å². The summed E-state index contributed by atoms with van der Waals surface area (Å²) >= 11 is 0. The van der Waals surface area contributed by atoms with Crippen LogP contribution in [0.4, 0.5) is 4.79 Å². The number of amides is 2. The Hall–Kier alpha value is -2.31. The Labute approximate surface area is 172 Å². The zero-order chi connectivity index (χ0) is 20.5. The molecule has 0 bridgehead atoms. The Kier molecular flexibility index (Phi) is 5.65. The number of nitrogens with one attached hydrogen (secondary N) is 2. The van der Waals surface area contributed by atoms with Gasteiger partial charge in [-0.1, -0.05) is 18.2 Å². The minimum absolute atomic E-state index is 0.0240. The van der Waals surface area contributed by atoms with Gasteiger partial charge in [-0.25, -0.2) is 4.79 Å². The van der Waals surface area contributed by atoms with Crippen LogP contribution in [0.25, 0.3) is 10.9 Å². The molecule has 1 aromatic carbocycles. The van der Waals surface area contributed by atoms with E-state index < -0.39 is 0 Å². The Bertz CT molecular complexity index is 902. The van der Waals surface area contributed by atoms with Gasteiger partial charge >= 0.3 is 6.03 Å². The standard InChI is InChI=1S/C23H32N4O2/c1-4-10-27-13-15(24-23(29)26(5-2)6-3)11-17-16-8-7-9-19-22(16)18(12-21(17)27)20(14-28)25-19/h4,7-9,15,17,21,25,28H,1,5-6,10-14H2,2-3H3,(H,24,29)/t15-,17?,21+/m0/s1. The number of carbonyl (C=O) groups is 1. The van der Waals surface area contributed by atoms with Gasteiger partial charge in [-0.2, -0.15) is 0 Å². The first-order valence-electron chi connectivity index (χ1n) is 10.7. The second kappa shape index (κ2) is 8.20. The van der Waals surface area contributed by atoms with Crippen molar-refractivity contribution in [2.24, 2.45) is 0 Å². The van der Waals surface area contributed by atoms with Crippen molar-refractivity contribution in [2.45, 2.75) is 51.3 Å². The normalized spacial score (nSPS) is 23.6. The minimum atomic E-state index is 0.0240. The number of aliphatic hydroxyl groups is 1. The zero-order valence-corrected chi connectivity index (χ0v) is 17.4. The van der Waals surface area contributed by atoms with Crippen LogP contribution in [0.2, 0.25) is 0 Å². The molecule has 1 unspecified atom stereocenters. The van der Waals surface area contributed by atoms with Gasteiger partial charge < -0.3 is 20.3 Å². The van der Waals surface area contributed by atoms with Crippen LogP contribution in [0.3, 0.4) is 0 Å². The minimum Gasteiger partial charge on any atom is -0.390 e. The van der Waals surface area contributed by atoms with E-state index in [1.165, 1.54) is 16.5 Å². The molecular weight excluding hydrogens is 364 g/mol. The molecule has 0 saturated carbocycles. The molecule has 0 radical (unpaired) electrons. The summed E-state index contributed by atoms with van der Waals surface area (Å²) in [5, 5.41) is 14.4. The van der Waals surface area contributed by atoms with Crippen molar-refractivity contribution in [2.75, 3.05) is 26.2 Å². The van der Waals surface area contributed by atoms with E-state index in [0.29, 0.717) is 25.0 Å². The number of benzene rings is 1. The third kappa shape index (κ3) is 3.45. The number of urea groups is 1. The first-order chi connectivity index (χ1) is 14.1. The lowest BCUT2D eigenvalue weighted by molar-refractivity contribution is 0.109. The van der Waals surface area contributed by atoms with Gasteiger partial charge in [0, 0.05) is 60.8 Å². The van der Waals surface area contributed by atoms with Crippen LogP contribution in [0, 0.1) is 0 Å². The fourth-order valence-electron chi connectivity index (χ4n) is 5.35. The second-order valence-electron chi connectivity index (χ2n) is 8.18. The number of H-pyrrole nitrogens is 1. The fourth-order valence-corrected chi connectivity index (χ4v) is 5.35. The number of aromatic nitrogens is 1. The van der Waals surface area contributed by atoms with Gasteiger partial charge in [-0.05, 0) is 43.9 Å². The molecule has 2 aliphatic rings. The highest BCUT2D eigenvalue weighted by atomic mass is 16.3. The number of aliphatic hydroxyl groups excluding tert-OH is 1. The molecule has 1 aliphatic heterocycles. The maximum atomic E-state index is 12.7. The summed E-state index contributed by atoms with van der Waals surface area (Å²) in [5.41, 5.74) is 4.62. The molecule has 156 valence electrons. The maximum absolute atomic E-state index is 12.7. The highest BCUT2D eigenvalue weighted by Gasteiger charge is 2.41. The molecule has 6 nitrogen and oxygen atoms in total. The van der Waals surface area contributed by atoms with E-state index in [9.17, 15) is 9.90 Å². The van der Waals surface area contributed by atoms with Crippen LogP contribution in [-0.4, -0.2) is 64.2 Å². The van der Waals surface area contributed by atoms with E-state index in [-0.39, 0.29) is 18.7 Å². The number of carbonyl (C=O) groups excluding carboxylic acids is 1. The highest BCUT2D eigenvalue weighted by molar-refractivity contribution is 5.89. The summed E-state index contributed by atoms with van der Waals surface area (Å²) in [7, 11) is 0. The predicted octanol–water partition coefficient (Wildman–Crippen LogP) is 2.98. The van der Waals surface area contributed by atoms with Gasteiger partial charge in [0.15, 0.2) is 0 Å². The van der Waals surface area contributed by atoms with E-state index in [4.69, 9.17) is 0 Å². The number of rotatable bonds is 6. The van der Waals surface area contributed by atoms with Crippen molar-refractivity contribution in [3.05, 3.63) is 47.7 Å². The first-order valence-corrected chi connectivity index (χ1v) is 10.7. The molecule has 1 aliphatic carbocycles. The van der Waals surface area contributed by atoms with Crippen LogP contribution in [0.15, 0.2) is 30.9 Å². The molecular formula is C23H32N4O2. The van der Waals surface area contributed by atoms with Crippen LogP contribution >= 0.6 is 0 Å². The quantitative estimate of drug-likeness (QED) is 0.658. The van der Waals surface area contributed by atoms with E-state index in [1.54, 1.807) is 0 Å². The van der Waals surface area contributed by atoms with E-state index in [2.05, 4.69) is 40.0 Å². The molecule has 4 rings (SSSR count). The monoisotopic (exact) mass is 396 g/mol. The third-order valence-corrected chi connectivity index (χ3v) is 6.69. The molecule has 1 saturated heterocycles. The van der Waals surface area contributed by atoms with Gasteiger partial charge in [0.25, 0.3) is 0 Å². The number of hydrogen-bond donors (Lipinski definition) is 3. The molecule has 2 heterocycles. The highest BCUT2D eigenvalue weighted by Crippen LogP contribution is 2.44. The topological polar surface area (TPSA) is 71.6 Å². The van der Waals surface area contributed by atoms with Crippen molar-refractivity contribution in [1.82, 2.24) is 20.1 Å². The lowest BCUT2D eigenvalue weighted by atomic mass is 9.73. The molecule has 1 aromatic heterocycles. The second-order valence-corrected chi connectivity index (χ2v) is 8.18. The molecule has 2 aromatic rings. The number of piperidine rings is 1. The van der Waals surface area contributed by atoms with Crippen LogP contribution in [-0.2, 0) is 13.0 Å². The molecule has 3 atom stereocenters. The Balaban J connectivity index is 1.68. The van der Waals surface area contributed by atoms with Crippen LogP contribution in [0.5, 0.6) is 0 Å². The summed E-state index contributed by atoms with van der Waals surface area (Å²) in [6.07, 6.45) is 3.80. The van der Waals surface area contributed by atoms with E-state index in [0.717, 1.165) is 37.1 Å². The summed E-state index contributed by atoms with van der Waals surface area (Å²) in [6, 6.07) is 6.89. The number of nitrogens with zero attached hydrogens (tertiary/aromatic N) is 2. The smallest absolute Gasteiger partial charge is 0.317 e. The Morgan fingerprint density at radius 1 is 1.41 bits per heavy atom. The van der Waals surface area contributed by atoms with E-state index >= 15 is 0 Å². The van der Waals surface area contributed by atoms with Crippen molar-refractivity contribution < 1.29 is 9.90 Å². The molecule has 1 fully saturated rings. The molecule has 29 heavy (non-hydrogen) atoms. The number of likely N-dealkylation sites (tertiary alicyclic amines) is 1. The van der Waals surface area contributed by atoms with Gasteiger partial charge in [0.1, 0.15) is 0 Å². The van der Waals surface area contributed by atoms with Gasteiger partial charge in [-0.3, -0.25) is 4.90 Å². The average molecular weight is 397 g/mol. The maximum Gasteiger partial charge on any atom is 0.317 e. The van der Waals surface area contributed by atoms with E-state index in [1.807, 2.05) is 24.8 Å². The van der Waals surface area contributed by atoms with Gasteiger partial charge in [0.05, 0.1) is 6.61 Å². The SMILES string of the molecule is C=CCN1C[C@@H](NC(=O)N(CC)CC)CC2c3cccc4[nH]c(CO)c(c34)C[C@H]21. The number of hydrogen-bond acceptors (Lipinski definition) is 3. The largest absolute Gasteiger partial charge is 0.390 e. The van der Waals surface area contributed by atoms with Gasteiger partial charge in [0.2, 0.25) is 0 Å². The number of fused-ring (bicyclic) bond motifs is 2. The van der Waals surface area contributed by atoms with Crippen LogP contribution < -0.4 is 5.32 Å². The Morgan fingerprint density at radius 2 is 2.21 bits per heavy atom. The Morgan fingerprint density at radius 3 is 2.90 bits per heavy atom. The fraction of sp³-hybridized carbons (Fsp3) is 0.522. The third-order valence-electron chi connectivity index (χ3n) is 6.69. The summed E-state index contributed by atoms with van der Waals surface area (Å²) in [4.78, 5) is 20.4. The lowest BCUT2D eigenvalue weighted by Crippen LogP contribution is -2.57. The zero-order valence-electron chi connectivity index (χ0n) is 17.4. The van der Waals surface area contributed by atoms with Crippen LogP contribution in [0.1, 0.15) is 43.0 Å². The summed E-state index contributed by atoms with van der Waals surface area (Å²) < 4.78 is 0. The molecule has 2 amide bonds. The molecule has 3 N–H and O–H groups in total. The first kappa shape index (κ1) is 20.0. The summed E-state index contributed by atoms with van der Waals surface area (Å²) in [5.74, 6) is 0.351. The van der Waals surface area contributed by atoms with Gasteiger partial charge in [-0.15, -0.1) is 6.58 Å².